The van der Waals surface area contributed by atoms with Crippen molar-refractivity contribution in [3.05, 3.63) is 23.8 Å². The average Bonchev–Trinajstić information content (AvgIpc) is 3.29. The van der Waals surface area contributed by atoms with Gasteiger partial charge in [0, 0.05) is 25.8 Å². The van der Waals surface area contributed by atoms with Crippen LogP contribution in [0.25, 0.3) is 0 Å². The van der Waals surface area contributed by atoms with E-state index in [0.29, 0.717) is 37.7 Å². The van der Waals surface area contributed by atoms with Crippen molar-refractivity contribution in [3.63, 3.8) is 0 Å². The Bertz CT molecular complexity index is 721. The Morgan fingerprint density at radius 2 is 1.82 bits per heavy atom. The Balaban J connectivity index is 0.000000450. The highest BCUT2D eigenvalue weighted by Crippen LogP contribution is 2.33. The van der Waals surface area contributed by atoms with E-state index in [1.54, 1.807) is 19.2 Å². The van der Waals surface area contributed by atoms with Gasteiger partial charge in [-0.1, -0.05) is 13.0 Å². The molecule has 0 amide bonds. The van der Waals surface area contributed by atoms with E-state index in [4.69, 9.17) is 19.3 Å². The largest absolute Gasteiger partial charge is 0.486 e. The van der Waals surface area contributed by atoms with E-state index in [0.717, 1.165) is 11.8 Å². The van der Waals surface area contributed by atoms with Gasteiger partial charge < -0.3 is 34.3 Å². The third kappa shape index (κ3) is 12.2. The number of aliphatic carboxylic acids is 1. The summed E-state index contributed by atoms with van der Waals surface area (Å²) in [6, 6.07) is 5.44. The molecule has 33 heavy (non-hydrogen) atoms. The quantitative estimate of drug-likeness (QED) is 0.419. The summed E-state index contributed by atoms with van der Waals surface area (Å²) in [5, 5.41) is 11.6. The fraction of sp³-hybridized carbons (Fsp3) is 0.625. The van der Waals surface area contributed by atoms with E-state index in [9.17, 15) is 14.4 Å². The number of carboxylic acids is 1. The van der Waals surface area contributed by atoms with Crippen molar-refractivity contribution in [2.45, 2.75) is 51.6 Å². The second-order valence-electron chi connectivity index (χ2n) is 7.77. The van der Waals surface area contributed by atoms with Crippen molar-refractivity contribution in [2.75, 3.05) is 46.9 Å². The highest BCUT2D eigenvalue weighted by molar-refractivity contribution is 5.71. The van der Waals surface area contributed by atoms with Crippen molar-refractivity contribution in [1.82, 2.24) is 10.2 Å². The number of hydrogen-bond donors (Lipinski definition) is 2. The van der Waals surface area contributed by atoms with Crippen molar-refractivity contribution in [1.29, 1.82) is 0 Å². The molecule has 2 aliphatic rings. The zero-order valence-corrected chi connectivity index (χ0v) is 20.0. The molecule has 2 heterocycles. The number of carbonyl (C=O) groups excluding carboxylic acids is 2. The molecule has 0 radical (unpaired) electrons. The second kappa shape index (κ2) is 16.9. The van der Waals surface area contributed by atoms with Crippen LogP contribution in [0.3, 0.4) is 0 Å². The lowest BCUT2D eigenvalue weighted by Crippen LogP contribution is -2.23. The van der Waals surface area contributed by atoms with Gasteiger partial charge in [-0.2, -0.15) is 0 Å². The summed E-state index contributed by atoms with van der Waals surface area (Å²) < 4.78 is 16.5. The molecular formula is C24H38N2O7. The van der Waals surface area contributed by atoms with Crippen LogP contribution in [0, 0.1) is 0 Å². The van der Waals surface area contributed by atoms with Crippen LogP contribution in [0.15, 0.2) is 18.2 Å². The van der Waals surface area contributed by atoms with E-state index in [2.05, 4.69) is 17.3 Å². The number of fused-ring (bicyclic) bond motifs is 1. The molecule has 9 heteroatoms. The molecule has 2 N–H and O–H groups in total. The molecular weight excluding hydrogens is 428 g/mol. The first-order valence-corrected chi connectivity index (χ1v) is 11.5. The summed E-state index contributed by atoms with van der Waals surface area (Å²) in [5.74, 6) is -0.0226. The Morgan fingerprint density at radius 1 is 1.18 bits per heavy atom. The summed E-state index contributed by atoms with van der Waals surface area (Å²) >= 11 is 0. The number of carbonyl (C=O) groups is 3. The first kappa shape index (κ1) is 28.4. The standard InChI is InChI=1S/C16H21NO6.C5H11N.C3H6O/c1-17-10-14(23-16(20)4-2-3-15(18)19)11-5-6-12-13(9-11)22-8-7-21-12;1-6-4-2-3-5-6;1-2-3-4/h5-6,9,14,17H,2-4,7-8,10H2,1H3,(H,18,19);2-5H2,1H3;3H,2H2,1H3. The van der Waals surface area contributed by atoms with Crippen LogP contribution in [0.1, 0.15) is 57.1 Å². The van der Waals surface area contributed by atoms with Gasteiger partial charge in [0.25, 0.3) is 0 Å². The molecule has 0 saturated carbocycles. The molecule has 0 spiro atoms. The molecule has 1 fully saturated rings. The third-order valence-corrected chi connectivity index (χ3v) is 4.87. The van der Waals surface area contributed by atoms with Crippen LogP contribution >= 0.6 is 0 Å². The zero-order chi connectivity index (χ0) is 24.5. The van der Waals surface area contributed by atoms with Crippen LogP contribution in [-0.2, 0) is 19.1 Å². The minimum atomic E-state index is -0.920. The molecule has 0 aliphatic carbocycles. The van der Waals surface area contributed by atoms with E-state index in [1.807, 2.05) is 13.0 Å². The average molecular weight is 467 g/mol. The number of hydrogen-bond acceptors (Lipinski definition) is 8. The molecule has 1 unspecified atom stereocenters. The molecule has 3 rings (SSSR count). The summed E-state index contributed by atoms with van der Waals surface area (Å²) in [4.78, 5) is 33.9. The smallest absolute Gasteiger partial charge is 0.306 e. The number of aldehydes is 1. The number of carboxylic acid groups (broad SMARTS) is 1. The number of esters is 1. The van der Waals surface area contributed by atoms with Crippen molar-refractivity contribution < 1.29 is 33.7 Å². The Kier molecular flexibility index (Phi) is 14.5. The normalized spacial score (nSPS) is 15.2. The Labute approximate surface area is 196 Å². The molecule has 2 aliphatic heterocycles. The van der Waals surface area contributed by atoms with Gasteiger partial charge >= 0.3 is 11.9 Å². The third-order valence-electron chi connectivity index (χ3n) is 4.87. The molecule has 186 valence electrons. The maximum absolute atomic E-state index is 11.9. The number of likely N-dealkylation sites (tertiary alicyclic amines) is 1. The molecule has 1 atom stereocenters. The number of rotatable bonds is 9. The fourth-order valence-corrected chi connectivity index (χ4v) is 3.15. The summed E-state index contributed by atoms with van der Waals surface area (Å²) in [5.41, 5.74) is 0.801. The number of nitrogens with zero attached hydrogens (tertiary/aromatic N) is 1. The maximum Gasteiger partial charge on any atom is 0.306 e. The lowest BCUT2D eigenvalue weighted by Gasteiger charge is -2.22. The molecule has 9 nitrogen and oxygen atoms in total. The van der Waals surface area contributed by atoms with Crippen molar-refractivity contribution >= 4 is 18.2 Å². The van der Waals surface area contributed by atoms with Gasteiger partial charge in [0.1, 0.15) is 25.6 Å². The number of likely N-dealkylation sites (N-methyl/N-ethyl adjacent to an activating group) is 1. The van der Waals surface area contributed by atoms with Crippen LogP contribution in [-0.4, -0.2) is 75.2 Å². The highest BCUT2D eigenvalue weighted by Gasteiger charge is 2.20. The molecule has 1 aromatic carbocycles. The van der Waals surface area contributed by atoms with Gasteiger partial charge in [-0.25, -0.2) is 0 Å². The topological polar surface area (TPSA) is 114 Å². The van der Waals surface area contributed by atoms with Crippen LogP contribution in [0.5, 0.6) is 11.5 Å². The molecule has 1 saturated heterocycles. The zero-order valence-electron chi connectivity index (χ0n) is 20.0. The highest BCUT2D eigenvalue weighted by atomic mass is 16.6. The minimum Gasteiger partial charge on any atom is -0.486 e. The minimum absolute atomic E-state index is 0.0458. The summed E-state index contributed by atoms with van der Waals surface area (Å²) in [7, 11) is 3.94. The number of nitrogens with one attached hydrogen (secondary N) is 1. The molecule has 1 aromatic rings. The van der Waals surface area contributed by atoms with E-state index in [-0.39, 0.29) is 19.3 Å². The monoisotopic (exact) mass is 466 g/mol. The van der Waals surface area contributed by atoms with Crippen molar-refractivity contribution in [2.24, 2.45) is 0 Å². The summed E-state index contributed by atoms with van der Waals surface area (Å²) in [6.07, 6.45) is 4.18. The summed E-state index contributed by atoms with van der Waals surface area (Å²) in [6.45, 7) is 5.91. The number of ether oxygens (including phenoxy) is 3. The van der Waals surface area contributed by atoms with Gasteiger partial charge in [0.15, 0.2) is 11.5 Å². The van der Waals surface area contributed by atoms with E-state index >= 15 is 0 Å². The van der Waals surface area contributed by atoms with Gasteiger partial charge in [-0.15, -0.1) is 0 Å². The second-order valence-corrected chi connectivity index (χ2v) is 7.77. The van der Waals surface area contributed by atoms with E-state index < -0.39 is 18.0 Å². The van der Waals surface area contributed by atoms with Crippen molar-refractivity contribution in [3.8, 4) is 11.5 Å². The number of benzene rings is 1. The van der Waals surface area contributed by atoms with Gasteiger partial charge in [0.2, 0.25) is 0 Å². The molecule has 0 aromatic heterocycles. The Morgan fingerprint density at radius 3 is 2.33 bits per heavy atom. The lowest BCUT2D eigenvalue weighted by atomic mass is 10.1. The first-order chi connectivity index (χ1) is 15.9. The molecule has 0 bridgehead atoms. The maximum atomic E-state index is 11.9. The van der Waals surface area contributed by atoms with E-state index in [1.165, 1.54) is 25.9 Å². The van der Waals surface area contributed by atoms with Gasteiger partial charge in [-0.05, 0) is 64.1 Å². The van der Waals surface area contributed by atoms with Gasteiger partial charge in [0.05, 0.1) is 0 Å². The van der Waals surface area contributed by atoms with Crippen LogP contribution in [0.4, 0.5) is 0 Å². The van der Waals surface area contributed by atoms with Gasteiger partial charge in [-0.3, -0.25) is 9.59 Å². The SMILES string of the molecule is CCC=O.CN1CCCC1.CNCC(OC(=O)CCCC(=O)O)c1ccc2c(c1)OCCO2. The lowest BCUT2D eigenvalue weighted by molar-refractivity contribution is -0.149. The van der Waals surface area contributed by atoms with Crippen LogP contribution in [0.2, 0.25) is 0 Å². The predicted octanol–water partition coefficient (Wildman–Crippen LogP) is 2.82. The Hall–Kier alpha value is -2.65. The predicted molar refractivity (Wildman–Crippen MR) is 125 cm³/mol. The first-order valence-electron chi connectivity index (χ1n) is 11.5. The van der Waals surface area contributed by atoms with Crippen LogP contribution < -0.4 is 14.8 Å². The fourth-order valence-electron chi connectivity index (χ4n) is 3.15.